The molecule has 2 heteroatoms. The van der Waals surface area contributed by atoms with E-state index in [1.807, 2.05) is 0 Å². The normalized spacial score (nSPS) is 11.0. The molecule has 0 saturated heterocycles. The maximum atomic E-state index is 2.35. The number of imidazole rings is 1. The first kappa shape index (κ1) is 18.8. The summed E-state index contributed by atoms with van der Waals surface area (Å²) in [7, 11) is 0. The Hall–Kier alpha value is -1.57. The summed E-state index contributed by atoms with van der Waals surface area (Å²) < 4.78 is 4.67. The number of aryl methyl sites for hydroxylation is 3. The Kier molecular flexibility index (Phi) is 9.29. The van der Waals surface area contributed by atoms with Gasteiger partial charge in [-0.25, -0.2) is 9.13 Å². The van der Waals surface area contributed by atoms with Crippen molar-refractivity contribution in [2.45, 2.75) is 84.2 Å². The molecule has 0 aliphatic carbocycles. The second kappa shape index (κ2) is 11.9. The molecule has 0 fully saturated rings. The van der Waals surface area contributed by atoms with Crippen LogP contribution in [0.4, 0.5) is 0 Å². The quantitative estimate of drug-likeness (QED) is 0.337. The fourth-order valence-corrected chi connectivity index (χ4v) is 3.24. The molecule has 1 aromatic heterocycles. The summed E-state index contributed by atoms with van der Waals surface area (Å²) in [5.74, 6) is 0. The van der Waals surface area contributed by atoms with E-state index in [0.29, 0.717) is 0 Å². The van der Waals surface area contributed by atoms with Crippen LogP contribution in [0.3, 0.4) is 0 Å². The van der Waals surface area contributed by atoms with E-state index < -0.39 is 0 Å². The van der Waals surface area contributed by atoms with Crippen molar-refractivity contribution < 1.29 is 4.57 Å². The third-order valence-corrected chi connectivity index (χ3v) is 4.74. The Balaban J connectivity index is 1.53. The van der Waals surface area contributed by atoms with Gasteiger partial charge in [-0.1, -0.05) is 75.8 Å². The summed E-state index contributed by atoms with van der Waals surface area (Å²) in [6.07, 6.45) is 20.2. The second-order valence-electron chi connectivity index (χ2n) is 6.95. The van der Waals surface area contributed by atoms with Crippen molar-refractivity contribution in [2.75, 3.05) is 0 Å². The highest BCUT2D eigenvalue weighted by atomic mass is 15.1. The summed E-state index contributed by atoms with van der Waals surface area (Å²) in [6, 6.07) is 10.8. The molecule has 0 unspecified atom stereocenters. The SMILES string of the molecule is CCCCCCCCCCn1cc[n+](CCCc2ccccc2)c1. The third-order valence-electron chi connectivity index (χ3n) is 4.74. The van der Waals surface area contributed by atoms with E-state index in [2.05, 4.69) is 65.1 Å². The predicted molar refractivity (Wildman–Crippen MR) is 102 cm³/mol. The van der Waals surface area contributed by atoms with Crippen LogP contribution in [0.5, 0.6) is 0 Å². The fraction of sp³-hybridized carbons (Fsp3) is 0.591. The summed E-state index contributed by atoms with van der Waals surface area (Å²) in [6.45, 7) is 4.56. The first-order chi connectivity index (χ1) is 11.9. The average molecular weight is 328 g/mol. The predicted octanol–water partition coefficient (Wildman–Crippen LogP) is 5.55. The van der Waals surface area contributed by atoms with Gasteiger partial charge in [0.25, 0.3) is 0 Å². The molecule has 0 aliphatic rings. The van der Waals surface area contributed by atoms with Crippen LogP contribution in [0.2, 0.25) is 0 Å². The number of hydrogen-bond acceptors (Lipinski definition) is 0. The lowest BCUT2D eigenvalue weighted by Crippen LogP contribution is -2.31. The molecule has 0 saturated carbocycles. The summed E-state index contributed by atoms with van der Waals surface area (Å²) in [4.78, 5) is 0. The van der Waals surface area contributed by atoms with Gasteiger partial charge in [0.05, 0.1) is 13.1 Å². The Morgan fingerprint density at radius 2 is 1.54 bits per heavy atom. The summed E-state index contributed by atoms with van der Waals surface area (Å²) in [5, 5.41) is 0. The number of rotatable bonds is 13. The minimum atomic E-state index is 1.11. The molecule has 1 aromatic carbocycles. The van der Waals surface area contributed by atoms with Crippen LogP contribution in [0.1, 0.15) is 70.3 Å². The number of unbranched alkanes of at least 4 members (excludes halogenated alkanes) is 7. The van der Waals surface area contributed by atoms with Gasteiger partial charge in [0.1, 0.15) is 12.4 Å². The van der Waals surface area contributed by atoms with Gasteiger partial charge in [-0.15, -0.1) is 0 Å². The van der Waals surface area contributed by atoms with E-state index in [1.54, 1.807) is 0 Å². The van der Waals surface area contributed by atoms with Gasteiger partial charge in [-0.2, -0.15) is 0 Å². The van der Waals surface area contributed by atoms with Crippen molar-refractivity contribution in [1.82, 2.24) is 4.57 Å². The van der Waals surface area contributed by atoms with Crippen molar-refractivity contribution >= 4 is 0 Å². The molecule has 1 heterocycles. The molecule has 132 valence electrons. The molecule has 0 radical (unpaired) electrons. The Morgan fingerprint density at radius 1 is 0.833 bits per heavy atom. The van der Waals surface area contributed by atoms with Gasteiger partial charge in [0, 0.05) is 0 Å². The van der Waals surface area contributed by atoms with Crippen molar-refractivity contribution in [3.8, 4) is 0 Å². The van der Waals surface area contributed by atoms with E-state index in [4.69, 9.17) is 0 Å². The van der Waals surface area contributed by atoms with Gasteiger partial charge in [0.15, 0.2) is 0 Å². The Morgan fingerprint density at radius 3 is 2.29 bits per heavy atom. The maximum Gasteiger partial charge on any atom is 0.243 e. The molecule has 0 N–H and O–H groups in total. The number of nitrogens with zero attached hydrogens (tertiary/aromatic N) is 2. The Bertz CT molecular complexity index is 530. The van der Waals surface area contributed by atoms with Crippen molar-refractivity contribution in [2.24, 2.45) is 0 Å². The molecule has 0 bridgehead atoms. The van der Waals surface area contributed by atoms with Crippen LogP contribution >= 0.6 is 0 Å². The highest BCUT2D eigenvalue weighted by Gasteiger charge is 2.03. The maximum absolute atomic E-state index is 2.35. The van der Waals surface area contributed by atoms with E-state index in [1.165, 1.54) is 69.9 Å². The second-order valence-corrected chi connectivity index (χ2v) is 6.95. The molecule has 2 aromatic rings. The molecular formula is C22H35N2+. The lowest BCUT2D eigenvalue weighted by Gasteiger charge is -2.01. The molecular weight excluding hydrogens is 292 g/mol. The lowest BCUT2D eigenvalue weighted by atomic mass is 10.1. The molecule has 24 heavy (non-hydrogen) atoms. The van der Waals surface area contributed by atoms with Crippen LogP contribution < -0.4 is 4.57 Å². The van der Waals surface area contributed by atoms with Crippen LogP contribution in [-0.2, 0) is 19.5 Å². The average Bonchev–Trinajstić information content (AvgIpc) is 3.06. The molecule has 2 nitrogen and oxygen atoms in total. The van der Waals surface area contributed by atoms with Crippen LogP contribution in [0.25, 0.3) is 0 Å². The van der Waals surface area contributed by atoms with Gasteiger partial charge in [-0.05, 0) is 31.2 Å². The van der Waals surface area contributed by atoms with Crippen LogP contribution in [0.15, 0.2) is 49.1 Å². The third kappa shape index (κ3) is 7.81. The first-order valence-electron chi connectivity index (χ1n) is 9.97. The van der Waals surface area contributed by atoms with E-state index in [0.717, 1.165) is 13.0 Å². The Labute approximate surface area is 148 Å². The summed E-state index contributed by atoms with van der Waals surface area (Å²) in [5.41, 5.74) is 1.44. The van der Waals surface area contributed by atoms with Gasteiger partial charge < -0.3 is 0 Å². The largest absolute Gasteiger partial charge is 0.243 e. The topological polar surface area (TPSA) is 8.81 Å². The van der Waals surface area contributed by atoms with Gasteiger partial charge >= 0.3 is 0 Å². The van der Waals surface area contributed by atoms with Gasteiger partial charge in [0.2, 0.25) is 6.33 Å². The van der Waals surface area contributed by atoms with Crippen molar-refractivity contribution in [1.29, 1.82) is 0 Å². The van der Waals surface area contributed by atoms with Crippen LogP contribution in [0, 0.1) is 0 Å². The summed E-state index contributed by atoms with van der Waals surface area (Å²) >= 11 is 0. The number of benzene rings is 1. The zero-order valence-corrected chi connectivity index (χ0v) is 15.5. The molecule has 0 amide bonds. The fourth-order valence-electron chi connectivity index (χ4n) is 3.24. The molecule has 0 aliphatic heterocycles. The van der Waals surface area contributed by atoms with E-state index in [-0.39, 0.29) is 0 Å². The van der Waals surface area contributed by atoms with E-state index >= 15 is 0 Å². The highest BCUT2D eigenvalue weighted by Crippen LogP contribution is 2.09. The monoisotopic (exact) mass is 327 g/mol. The zero-order chi connectivity index (χ0) is 16.9. The van der Waals surface area contributed by atoms with Crippen molar-refractivity contribution in [3.63, 3.8) is 0 Å². The minimum absolute atomic E-state index is 1.11. The first-order valence-corrected chi connectivity index (χ1v) is 9.97. The molecule has 2 rings (SSSR count). The molecule has 0 spiro atoms. The van der Waals surface area contributed by atoms with Crippen LogP contribution in [-0.4, -0.2) is 4.57 Å². The smallest absolute Gasteiger partial charge is 0.237 e. The highest BCUT2D eigenvalue weighted by molar-refractivity contribution is 5.14. The van der Waals surface area contributed by atoms with E-state index in [9.17, 15) is 0 Å². The van der Waals surface area contributed by atoms with Gasteiger partial charge in [-0.3, -0.25) is 0 Å². The minimum Gasteiger partial charge on any atom is -0.237 e. The number of hydrogen-bond donors (Lipinski definition) is 0. The zero-order valence-electron chi connectivity index (χ0n) is 15.5. The standard InChI is InChI=1S/C22H35N2/c1-2-3-4-5-6-7-8-12-17-23-19-20-24(21-23)18-13-16-22-14-10-9-11-15-22/h9-11,14-15,19-21H,2-8,12-13,16-18H2,1H3/q+1. The molecule has 0 atom stereocenters. The number of aromatic nitrogens is 2. The lowest BCUT2D eigenvalue weighted by molar-refractivity contribution is -0.696. The van der Waals surface area contributed by atoms with Crippen molar-refractivity contribution in [3.05, 3.63) is 54.6 Å².